The normalized spacial score (nSPS) is 13.8. The monoisotopic (exact) mass is 337 g/mol. The summed E-state index contributed by atoms with van der Waals surface area (Å²) in [6.07, 6.45) is -4.61. The van der Waals surface area contributed by atoms with E-state index in [0.29, 0.717) is 0 Å². The Kier molecular flexibility index (Phi) is 3.25. The van der Waals surface area contributed by atoms with Crippen LogP contribution in [0.2, 0.25) is 0 Å². The molecule has 0 saturated heterocycles. The highest BCUT2D eigenvalue weighted by Crippen LogP contribution is 2.33. The Hall–Kier alpha value is -3.10. The number of nitrogens with zero attached hydrogens (tertiary/aromatic N) is 1. The molecule has 2 amide bonds. The van der Waals surface area contributed by atoms with Gasteiger partial charge in [-0.25, -0.2) is 0 Å². The van der Waals surface area contributed by atoms with Crippen molar-refractivity contribution >= 4 is 17.6 Å². The maximum Gasteiger partial charge on any atom is 0.416 e. The molecule has 0 radical (unpaired) electrons. The average Bonchev–Trinajstić information content (AvgIpc) is 2.74. The number of anilines is 1. The third kappa shape index (κ3) is 2.25. The molecule has 3 N–H and O–H groups in total. The fourth-order valence-electron chi connectivity index (χ4n) is 2.60. The van der Waals surface area contributed by atoms with Crippen molar-refractivity contribution in [3.05, 3.63) is 56.9 Å². The number of carbonyl (C=O) groups is 2. The number of aromatic nitrogens is 1. The number of nitrogens with two attached hydrogens (primary N) is 1. The van der Waals surface area contributed by atoms with Crippen LogP contribution in [-0.2, 0) is 6.18 Å². The molecule has 9 heteroatoms. The van der Waals surface area contributed by atoms with Gasteiger partial charge in [0.25, 0.3) is 17.4 Å². The van der Waals surface area contributed by atoms with Gasteiger partial charge in [-0.1, -0.05) is 6.07 Å². The second-order valence-electron chi connectivity index (χ2n) is 5.27. The first-order valence-electron chi connectivity index (χ1n) is 6.70. The molecule has 0 bridgehead atoms. The third-order valence-electron chi connectivity index (χ3n) is 3.74. The molecule has 2 heterocycles. The van der Waals surface area contributed by atoms with E-state index in [-0.39, 0.29) is 22.4 Å². The lowest BCUT2D eigenvalue weighted by Crippen LogP contribution is -2.24. The Morgan fingerprint density at radius 3 is 2.38 bits per heavy atom. The predicted octanol–water partition coefficient (Wildman–Crippen LogP) is 1.63. The molecule has 6 nitrogen and oxygen atoms in total. The van der Waals surface area contributed by atoms with Gasteiger partial charge < -0.3 is 5.73 Å². The minimum atomic E-state index is -4.61. The number of alkyl halides is 3. The molecule has 124 valence electrons. The quantitative estimate of drug-likeness (QED) is 0.774. The van der Waals surface area contributed by atoms with Crippen molar-refractivity contribution in [3.8, 4) is 5.69 Å². The number of imide groups is 1. The maximum absolute atomic E-state index is 13.1. The number of rotatable bonds is 1. The van der Waals surface area contributed by atoms with Crippen LogP contribution in [0.3, 0.4) is 0 Å². The molecule has 3 rings (SSSR count). The van der Waals surface area contributed by atoms with Crippen molar-refractivity contribution in [2.75, 3.05) is 5.73 Å². The van der Waals surface area contributed by atoms with E-state index < -0.39 is 34.9 Å². The number of halogens is 3. The van der Waals surface area contributed by atoms with Crippen LogP contribution in [0.15, 0.2) is 29.1 Å². The van der Waals surface area contributed by atoms with E-state index >= 15 is 0 Å². The third-order valence-corrected chi connectivity index (χ3v) is 3.74. The fourth-order valence-corrected chi connectivity index (χ4v) is 2.60. The topological polar surface area (TPSA) is 94.2 Å². The van der Waals surface area contributed by atoms with E-state index in [0.717, 1.165) is 16.7 Å². The number of amides is 2. The van der Waals surface area contributed by atoms with Crippen LogP contribution in [0, 0.1) is 6.92 Å². The van der Waals surface area contributed by atoms with Gasteiger partial charge in [-0.15, -0.1) is 0 Å². The summed E-state index contributed by atoms with van der Waals surface area (Å²) in [6, 6.07) is 4.12. The Balaban J connectivity index is 2.30. The molecule has 1 aromatic heterocycles. The lowest BCUT2D eigenvalue weighted by Gasteiger charge is -2.15. The zero-order chi connectivity index (χ0) is 17.8. The van der Waals surface area contributed by atoms with Gasteiger partial charge in [-0.2, -0.15) is 13.2 Å². The van der Waals surface area contributed by atoms with Crippen LogP contribution in [0.4, 0.5) is 19.0 Å². The number of hydrogen-bond acceptors (Lipinski definition) is 4. The molecule has 0 saturated carbocycles. The van der Waals surface area contributed by atoms with Gasteiger partial charge in [-0.05, 0) is 24.6 Å². The number of pyridine rings is 1. The van der Waals surface area contributed by atoms with Gasteiger partial charge in [0.2, 0.25) is 0 Å². The minimum Gasteiger partial charge on any atom is -0.384 e. The van der Waals surface area contributed by atoms with E-state index in [9.17, 15) is 27.6 Å². The Morgan fingerprint density at radius 2 is 1.75 bits per heavy atom. The number of aryl methyl sites for hydroxylation is 1. The van der Waals surface area contributed by atoms with Crippen molar-refractivity contribution in [1.82, 2.24) is 9.88 Å². The molecular formula is C15H10F3N3O3. The number of nitrogens with one attached hydrogen (secondary N) is 1. The van der Waals surface area contributed by atoms with Crippen LogP contribution in [0.25, 0.3) is 5.69 Å². The molecule has 1 aliphatic heterocycles. The van der Waals surface area contributed by atoms with Gasteiger partial charge in [0.1, 0.15) is 5.82 Å². The summed E-state index contributed by atoms with van der Waals surface area (Å²) >= 11 is 0. The molecule has 0 unspecified atom stereocenters. The van der Waals surface area contributed by atoms with Crippen molar-refractivity contribution in [1.29, 1.82) is 0 Å². The Bertz CT molecular complexity index is 961. The van der Waals surface area contributed by atoms with Gasteiger partial charge in [0.05, 0.1) is 22.4 Å². The van der Waals surface area contributed by atoms with Crippen LogP contribution < -0.4 is 16.6 Å². The van der Waals surface area contributed by atoms with Crippen molar-refractivity contribution in [2.45, 2.75) is 13.1 Å². The molecule has 2 aromatic rings. The maximum atomic E-state index is 13.1. The summed E-state index contributed by atoms with van der Waals surface area (Å²) in [5.41, 5.74) is 3.46. The van der Waals surface area contributed by atoms with Gasteiger partial charge in [0, 0.05) is 6.07 Å². The Morgan fingerprint density at radius 1 is 1.08 bits per heavy atom. The molecule has 1 aromatic carbocycles. The summed E-state index contributed by atoms with van der Waals surface area (Å²) in [5.74, 6) is -1.96. The molecule has 0 spiro atoms. The van der Waals surface area contributed by atoms with Crippen LogP contribution >= 0.6 is 0 Å². The van der Waals surface area contributed by atoms with Crippen LogP contribution in [-0.4, -0.2) is 16.4 Å². The minimum absolute atomic E-state index is 0.0213. The first-order chi connectivity index (χ1) is 11.1. The van der Waals surface area contributed by atoms with E-state index in [4.69, 9.17) is 5.73 Å². The smallest absolute Gasteiger partial charge is 0.384 e. The standard InChI is InChI=1S/C15H10F3N3O3/c1-6-2-3-7(4-9(6)15(16,17)18)21-10(22)5-8-11(12(21)19)14(24)20-13(8)23/h2-5H,19H2,1H3,(H,20,23,24). The predicted molar refractivity (Wildman–Crippen MR) is 78.0 cm³/mol. The van der Waals surface area contributed by atoms with E-state index in [1.807, 2.05) is 5.32 Å². The second kappa shape index (κ2) is 4.95. The summed E-state index contributed by atoms with van der Waals surface area (Å²) < 4.78 is 39.9. The number of nitrogen functional groups attached to an aromatic ring is 1. The van der Waals surface area contributed by atoms with Gasteiger partial charge >= 0.3 is 6.18 Å². The fraction of sp³-hybridized carbons (Fsp3) is 0.133. The van der Waals surface area contributed by atoms with E-state index in [2.05, 4.69) is 0 Å². The highest BCUT2D eigenvalue weighted by atomic mass is 19.4. The van der Waals surface area contributed by atoms with Crippen LogP contribution in [0.1, 0.15) is 31.8 Å². The highest BCUT2D eigenvalue weighted by molar-refractivity contribution is 6.23. The molecule has 0 fully saturated rings. The first kappa shape index (κ1) is 15.8. The number of benzene rings is 1. The van der Waals surface area contributed by atoms with E-state index in [1.165, 1.54) is 19.1 Å². The van der Waals surface area contributed by atoms with Crippen molar-refractivity contribution in [3.63, 3.8) is 0 Å². The molecule has 1 aliphatic rings. The molecule has 24 heavy (non-hydrogen) atoms. The number of carbonyl (C=O) groups excluding carboxylic acids is 2. The summed E-state index contributed by atoms with van der Waals surface area (Å²) in [4.78, 5) is 35.5. The number of fused-ring (bicyclic) bond motifs is 1. The Labute approximate surface area is 132 Å². The summed E-state index contributed by atoms with van der Waals surface area (Å²) in [6.45, 7) is 1.29. The lowest BCUT2D eigenvalue weighted by molar-refractivity contribution is -0.138. The van der Waals surface area contributed by atoms with Gasteiger partial charge in [-0.3, -0.25) is 24.3 Å². The first-order valence-corrected chi connectivity index (χ1v) is 6.70. The molecular weight excluding hydrogens is 327 g/mol. The summed E-state index contributed by atoms with van der Waals surface area (Å²) in [7, 11) is 0. The summed E-state index contributed by atoms with van der Waals surface area (Å²) in [5, 5.41) is 1.98. The number of hydrogen-bond donors (Lipinski definition) is 2. The van der Waals surface area contributed by atoms with Gasteiger partial charge in [0.15, 0.2) is 0 Å². The van der Waals surface area contributed by atoms with Crippen molar-refractivity contribution < 1.29 is 22.8 Å². The zero-order valence-electron chi connectivity index (χ0n) is 12.2. The lowest BCUT2D eigenvalue weighted by atomic mass is 10.1. The van der Waals surface area contributed by atoms with E-state index in [1.54, 1.807) is 0 Å². The highest BCUT2D eigenvalue weighted by Gasteiger charge is 2.34. The molecule has 0 atom stereocenters. The van der Waals surface area contributed by atoms with Crippen molar-refractivity contribution in [2.24, 2.45) is 0 Å². The average molecular weight is 337 g/mol. The largest absolute Gasteiger partial charge is 0.416 e. The second-order valence-corrected chi connectivity index (χ2v) is 5.27. The zero-order valence-corrected chi connectivity index (χ0v) is 12.2. The van der Waals surface area contributed by atoms with Crippen LogP contribution in [0.5, 0.6) is 0 Å². The SMILES string of the molecule is Cc1ccc(-n2c(N)c3c(cc2=O)C(=O)NC3=O)cc1C(F)(F)F. The molecule has 0 aliphatic carbocycles.